The summed E-state index contributed by atoms with van der Waals surface area (Å²) in [6.45, 7) is 3.26. The van der Waals surface area contributed by atoms with Crippen molar-refractivity contribution >= 4 is 44.3 Å². The highest BCUT2D eigenvalue weighted by atomic mass is 32.2. The number of anilines is 1. The highest BCUT2D eigenvalue weighted by Crippen LogP contribution is 2.31. The van der Waals surface area contributed by atoms with E-state index in [1.165, 1.54) is 0 Å². The van der Waals surface area contributed by atoms with Gasteiger partial charge < -0.3 is 15.1 Å². The molecule has 0 aliphatic carbocycles. The van der Waals surface area contributed by atoms with Crippen molar-refractivity contribution in [2.24, 2.45) is 0 Å². The van der Waals surface area contributed by atoms with Crippen molar-refractivity contribution in [3.63, 3.8) is 0 Å². The number of piperazine rings is 1. The second-order valence-corrected chi connectivity index (χ2v) is 14.0. The highest BCUT2D eigenvalue weighted by Gasteiger charge is 2.52. The van der Waals surface area contributed by atoms with Gasteiger partial charge in [0.05, 0.1) is 19.3 Å². The quantitative estimate of drug-likeness (QED) is 0.248. The van der Waals surface area contributed by atoms with Gasteiger partial charge in [0.2, 0.25) is 21.8 Å². The van der Waals surface area contributed by atoms with Crippen LogP contribution in [0.25, 0.3) is 10.8 Å². The van der Waals surface area contributed by atoms with Crippen LogP contribution in [0, 0.1) is 0 Å². The van der Waals surface area contributed by atoms with E-state index in [-0.39, 0.29) is 37.4 Å². The maximum Gasteiger partial charge on any atom is 0.332 e. The maximum atomic E-state index is 14.3. The summed E-state index contributed by atoms with van der Waals surface area (Å²) < 4.78 is 25.9. The van der Waals surface area contributed by atoms with Crippen molar-refractivity contribution in [1.82, 2.24) is 25.1 Å². The van der Waals surface area contributed by atoms with E-state index in [0.29, 0.717) is 31.7 Å². The Kier molecular flexibility index (Phi) is 9.65. The molecule has 2 aliphatic heterocycles. The van der Waals surface area contributed by atoms with E-state index >= 15 is 0 Å². The van der Waals surface area contributed by atoms with Gasteiger partial charge in [-0.2, -0.15) is 5.01 Å². The van der Waals surface area contributed by atoms with Crippen LogP contribution in [-0.4, -0.2) is 84.2 Å². The fourth-order valence-electron chi connectivity index (χ4n) is 6.60. The third kappa shape index (κ3) is 7.29. The lowest BCUT2D eigenvalue weighted by Crippen LogP contribution is -2.66. The van der Waals surface area contributed by atoms with Crippen LogP contribution in [0.1, 0.15) is 30.0 Å². The van der Waals surface area contributed by atoms with Crippen LogP contribution in [-0.2, 0) is 39.1 Å². The predicted octanol–water partition coefficient (Wildman–Crippen LogP) is 4.17. The van der Waals surface area contributed by atoms with Crippen LogP contribution in [0.4, 0.5) is 10.5 Å². The number of rotatable bonds is 11. The lowest BCUT2D eigenvalue weighted by Gasteiger charge is -2.46. The van der Waals surface area contributed by atoms with Crippen molar-refractivity contribution in [3.8, 4) is 0 Å². The van der Waals surface area contributed by atoms with Gasteiger partial charge in [-0.15, -0.1) is 0 Å². The number of sulfonamides is 1. The SMILES string of the molecule is CCCN(C(=O)NCc1ccccc1)N1CC(=O)N2[C@@H](Cc3ccc(NS(C)(=O)=O)cc3)C(=O)N(Cc3cccc4ccccc34)C[C@@H]21. The monoisotopic (exact) mass is 668 g/mol. The first-order chi connectivity index (χ1) is 23.1. The van der Waals surface area contributed by atoms with Crippen molar-refractivity contribution in [3.05, 3.63) is 114 Å². The van der Waals surface area contributed by atoms with Crippen molar-refractivity contribution in [2.45, 2.75) is 45.1 Å². The summed E-state index contributed by atoms with van der Waals surface area (Å²) >= 11 is 0. The number of hydrogen-bond donors (Lipinski definition) is 2. The molecule has 0 aromatic heterocycles. The van der Waals surface area contributed by atoms with Gasteiger partial charge in [-0.3, -0.25) is 19.3 Å². The van der Waals surface area contributed by atoms with Gasteiger partial charge in [-0.05, 0) is 46.0 Å². The minimum absolute atomic E-state index is 0.0352. The molecule has 0 bridgehead atoms. The standard InChI is InChI=1S/C36H40N6O5S/c1-3-20-40(36(45)37-22-27-10-5-4-6-11-27)41-25-34(43)42-32(21-26-16-18-30(19-17-26)38-48(2,46)47)35(44)39(24-33(41)42)23-29-14-9-13-28-12-7-8-15-31(28)29/h4-19,32-33,38H,3,20-25H2,1-2H3,(H,37,45)/t32-,33+/m0/s1. The summed E-state index contributed by atoms with van der Waals surface area (Å²) in [6.07, 6.45) is 1.43. The molecule has 250 valence electrons. The minimum atomic E-state index is -3.45. The molecule has 2 saturated heterocycles. The summed E-state index contributed by atoms with van der Waals surface area (Å²) in [5.41, 5.74) is 3.14. The minimum Gasteiger partial charge on any atom is -0.333 e. The number of carbonyl (C=O) groups excluding carboxylic acids is 3. The molecule has 0 spiro atoms. The lowest BCUT2D eigenvalue weighted by molar-refractivity contribution is -0.157. The number of urea groups is 1. The molecular weight excluding hydrogens is 629 g/mol. The van der Waals surface area contributed by atoms with E-state index in [4.69, 9.17) is 0 Å². The van der Waals surface area contributed by atoms with Crippen molar-refractivity contribution in [2.75, 3.05) is 30.6 Å². The zero-order valence-corrected chi connectivity index (χ0v) is 27.9. The highest BCUT2D eigenvalue weighted by molar-refractivity contribution is 7.92. The molecule has 0 unspecified atom stereocenters. The molecule has 2 atom stereocenters. The van der Waals surface area contributed by atoms with Gasteiger partial charge in [0, 0.05) is 31.7 Å². The zero-order valence-electron chi connectivity index (χ0n) is 27.1. The van der Waals surface area contributed by atoms with E-state index in [2.05, 4.69) is 10.0 Å². The molecule has 4 aromatic rings. The molecule has 48 heavy (non-hydrogen) atoms. The van der Waals surface area contributed by atoms with E-state index < -0.39 is 22.2 Å². The van der Waals surface area contributed by atoms with Gasteiger partial charge in [0.1, 0.15) is 12.2 Å². The van der Waals surface area contributed by atoms with Crippen LogP contribution in [0.15, 0.2) is 97.1 Å². The Labute approximate surface area is 281 Å². The smallest absolute Gasteiger partial charge is 0.332 e. The Balaban J connectivity index is 1.31. The van der Waals surface area contributed by atoms with Gasteiger partial charge in [0.15, 0.2) is 0 Å². The molecule has 2 fully saturated rings. The van der Waals surface area contributed by atoms with Crippen LogP contribution in [0.2, 0.25) is 0 Å². The maximum absolute atomic E-state index is 14.3. The number of hydrogen-bond acceptors (Lipinski definition) is 6. The first-order valence-corrected chi connectivity index (χ1v) is 18.0. The van der Waals surface area contributed by atoms with Gasteiger partial charge in [-0.1, -0.05) is 91.9 Å². The third-order valence-corrected chi connectivity index (χ3v) is 9.37. The number of nitrogens with one attached hydrogen (secondary N) is 2. The Hall–Kier alpha value is -4.94. The van der Waals surface area contributed by atoms with Gasteiger partial charge >= 0.3 is 6.03 Å². The Morgan fingerprint density at radius 2 is 1.60 bits per heavy atom. The second-order valence-electron chi connectivity index (χ2n) is 12.3. The molecule has 2 N–H and O–H groups in total. The topological polar surface area (TPSA) is 122 Å². The number of carbonyl (C=O) groups is 3. The molecular formula is C36H40N6O5S. The van der Waals surface area contributed by atoms with Crippen molar-refractivity contribution < 1.29 is 22.8 Å². The summed E-state index contributed by atoms with van der Waals surface area (Å²) in [7, 11) is -3.45. The van der Waals surface area contributed by atoms with Crippen LogP contribution >= 0.6 is 0 Å². The molecule has 11 nitrogen and oxygen atoms in total. The lowest BCUT2D eigenvalue weighted by atomic mass is 9.99. The van der Waals surface area contributed by atoms with E-state index in [1.54, 1.807) is 44.1 Å². The normalized spacial score (nSPS) is 18.2. The summed E-state index contributed by atoms with van der Waals surface area (Å²) in [6, 6.07) is 29.4. The summed E-state index contributed by atoms with van der Waals surface area (Å²) in [5.74, 6) is -0.404. The molecule has 4 amide bonds. The fraction of sp³-hybridized carbons (Fsp3) is 0.306. The molecule has 4 aromatic carbocycles. The zero-order chi connectivity index (χ0) is 33.8. The number of benzene rings is 4. The molecule has 0 radical (unpaired) electrons. The van der Waals surface area contributed by atoms with E-state index in [0.717, 1.165) is 33.7 Å². The summed E-state index contributed by atoms with van der Waals surface area (Å²) in [4.78, 5) is 45.3. The Bertz CT molecular complexity index is 1900. The van der Waals surface area contributed by atoms with E-state index in [1.807, 2.05) is 79.7 Å². The van der Waals surface area contributed by atoms with Crippen LogP contribution in [0.3, 0.4) is 0 Å². The Morgan fingerprint density at radius 1 is 0.896 bits per heavy atom. The van der Waals surface area contributed by atoms with Crippen LogP contribution in [0.5, 0.6) is 0 Å². The molecule has 0 saturated carbocycles. The fourth-order valence-corrected chi connectivity index (χ4v) is 7.16. The molecule has 6 rings (SSSR count). The molecule has 12 heteroatoms. The van der Waals surface area contributed by atoms with Gasteiger partial charge in [-0.25, -0.2) is 13.2 Å². The summed E-state index contributed by atoms with van der Waals surface area (Å²) in [5, 5.41) is 8.55. The average molecular weight is 669 g/mol. The number of nitrogens with zero attached hydrogens (tertiary/aromatic N) is 4. The average Bonchev–Trinajstić information content (AvgIpc) is 3.40. The largest absolute Gasteiger partial charge is 0.333 e. The Morgan fingerprint density at radius 3 is 2.33 bits per heavy atom. The second kappa shape index (κ2) is 14.0. The third-order valence-electron chi connectivity index (χ3n) is 8.76. The molecule has 2 aliphatic rings. The van der Waals surface area contributed by atoms with Crippen LogP contribution < -0.4 is 10.0 Å². The molecule has 2 heterocycles. The van der Waals surface area contributed by atoms with Gasteiger partial charge in [0.25, 0.3) is 0 Å². The van der Waals surface area contributed by atoms with Crippen molar-refractivity contribution in [1.29, 1.82) is 0 Å². The first-order valence-electron chi connectivity index (χ1n) is 16.1. The predicted molar refractivity (Wildman–Crippen MR) is 185 cm³/mol. The number of fused-ring (bicyclic) bond motifs is 2. The van der Waals surface area contributed by atoms with E-state index in [9.17, 15) is 22.8 Å². The number of hydrazine groups is 1. The number of amides is 4. The first kappa shape index (κ1) is 33.0.